The fraction of sp³-hybridized carbons (Fsp3) is 0.863. The number of rotatable bonds is 13. The van der Waals surface area contributed by atoms with Crippen molar-refractivity contribution in [2.45, 2.75) is 172 Å². The number of Topliss-reactive ketones (excluding diaryl/α,β-unsaturated/α-hetero) is 2. The number of carbonyl (C=O) groups is 3. The maximum Gasteiger partial charge on any atom is 0.350 e. The number of nitrogens with two attached hydrogens (primary N) is 1. The average molecular weight is 877 g/mol. The van der Waals surface area contributed by atoms with Crippen LogP contribution in [0.2, 0.25) is 0 Å². The fourth-order valence-electron chi connectivity index (χ4n) is 14.6. The molecule has 12 nitrogen and oxygen atoms in total. The molecule has 0 amide bonds. The molecule has 8 N–H and O–H groups in total. The maximum absolute atomic E-state index is 15.6. The number of ketones is 2. The summed E-state index contributed by atoms with van der Waals surface area (Å²) in [5.41, 5.74) is 4.39. The van der Waals surface area contributed by atoms with E-state index in [9.17, 15) is 5.11 Å². The zero-order valence-corrected chi connectivity index (χ0v) is 39.3. The number of cyclic esters (lactones) is 1. The van der Waals surface area contributed by atoms with Gasteiger partial charge in [-0.2, -0.15) is 0 Å². The van der Waals surface area contributed by atoms with Crippen molar-refractivity contribution in [1.82, 2.24) is 26.6 Å². The fourth-order valence-corrected chi connectivity index (χ4v) is 14.6. The van der Waals surface area contributed by atoms with E-state index in [-0.39, 0.29) is 66.8 Å². The van der Waals surface area contributed by atoms with Crippen LogP contribution in [0.5, 0.6) is 0 Å². The Kier molecular flexibility index (Phi) is 15.4. The number of hydrogen-bond acceptors (Lipinski definition) is 12. The van der Waals surface area contributed by atoms with Crippen LogP contribution in [-0.2, 0) is 23.9 Å². The highest BCUT2D eigenvalue weighted by Gasteiger charge is 2.87. The standard InChI is InChI=1S/C51H84N6O6/c1-5-54-42-24-36-12-8-11-35-10-6-7-20-49(3,25-34-17-18-43(52)56-28-34)26-37-13-9-14-40-45(37)47(60)51(48(61)62-30-38(42)23-41(35)36)50(63-51,46(40)59)27-39(29-58)32(2)15-16-33-19-21-55-44(22-33)57-31-53-4/h8,12,33-38,40-45,53-58H,5-7,9-11,13-31,52H2,1-4H3/t33?,34?,35-,36+,37?,38-,40?,41-,42+,43?,44?,45?,49-,50+,51+/m1/s1. The van der Waals surface area contributed by atoms with Crippen LogP contribution in [0.15, 0.2) is 23.3 Å². The van der Waals surface area contributed by atoms with Gasteiger partial charge in [0, 0.05) is 36.9 Å². The van der Waals surface area contributed by atoms with Gasteiger partial charge in [-0.05, 0) is 176 Å². The van der Waals surface area contributed by atoms with Crippen LogP contribution in [0, 0.1) is 58.7 Å². The molecule has 354 valence electrons. The normalized spacial score (nSPS) is 43.6. The molecule has 63 heavy (non-hydrogen) atoms. The van der Waals surface area contributed by atoms with E-state index >= 15 is 14.4 Å². The minimum atomic E-state index is -1.97. The minimum Gasteiger partial charge on any atom is -0.463 e. The van der Waals surface area contributed by atoms with Crippen LogP contribution in [0.25, 0.3) is 0 Å². The SMILES string of the molecule is CCN[C@H]1C[C@@H]2C=CC[C@H]3CCCC[C@](C)(CC4CCC(N)NC4)CC4CCCC5C(=O)[C@]6(CC(CO)=C(C)CCC7CCNC(NCNC)C7)O[C@]6(C(=O)OC[C@H]1C[C@H]32)C(=O)C45. The molecule has 0 aromatic rings. The van der Waals surface area contributed by atoms with Crippen LogP contribution >= 0.6 is 0 Å². The monoisotopic (exact) mass is 877 g/mol. The zero-order chi connectivity index (χ0) is 44.4. The first-order chi connectivity index (χ1) is 30.4. The lowest BCUT2D eigenvalue weighted by molar-refractivity contribution is -0.162. The van der Waals surface area contributed by atoms with Crippen molar-refractivity contribution in [3.8, 4) is 0 Å². The molecule has 4 saturated heterocycles. The molecule has 8 aliphatic rings. The highest BCUT2D eigenvalue weighted by Crippen LogP contribution is 2.64. The Morgan fingerprint density at radius 1 is 0.952 bits per heavy atom. The van der Waals surface area contributed by atoms with Gasteiger partial charge in [-0.3, -0.25) is 14.9 Å². The lowest BCUT2D eigenvalue weighted by Gasteiger charge is -2.46. The molecule has 4 aliphatic heterocycles. The van der Waals surface area contributed by atoms with E-state index in [2.05, 4.69) is 52.6 Å². The van der Waals surface area contributed by atoms with E-state index in [1.54, 1.807) is 0 Å². The van der Waals surface area contributed by atoms with Gasteiger partial charge >= 0.3 is 5.97 Å². The second-order valence-corrected chi connectivity index (χ2v) is 22.2. The largest absolute Gasteiger partial charge is 0.463 e. The van der Waals surface area contributed by atoms with Crippen LogP contribution in [0.1, 0.15) is 143 Å². The molecule has 4 bridgehead atoms. The molecular weight excluding hydrogens is 793 g/mol. The Morgan fingerprint density at radius 2 is 1.79 bits per heavy atom. The summed E-state index contributed by atoms with van der Waals surface area (Å²) in [6.45, 7) is 10.0. The molecule has 0 aromatic heterocycles. The van der Waals surface area contributed by atoms with Gasteiger partial charge in [-0.25, -0.2) is 4.79 Å². The van der Waals surface area contributed by atoms with Crippen molar-refractivity contribution < 1.29 is 29.0 Å². The van der Waals surface area contributed by atoms with E-state index in [1.165, 1.54) is 12.8 Å². The topological polar surface area (TPSA) is 179 Å². The Bertz CT molecular complexity index is 1680. The molecule has 7 unspecified atom stereocenters. The number of epoxide rings is 1. The highest BCUT2D eigenvalue weighted by molar-refractivity contribution is 6.23. The van der Waals surface area contributed by atoms with Crippen LogP contribution in [0.3, 0.4) is 0 Å². The van der Waals surface area contributed by atoms with Crippen molar-refractivity contribution in [1.29, 1.82) is 0 Å². The summed E-state index contributed by atoms with van der Waals surface area (Å²) >= 11 is 0. The molecular formula is C51H84N6O6. The van der Waals surface area contributed by atoms with Gasteiger partial charge in [-0.15, -0.1) is 0 Å². The predicted octanol–water partition coefficient (Wildman–Crippen LogP) is 5.63. The summed E-state index contributed by atoms with van der Waals surface area (Å²) in [6, 6.07) is 0.193. The third-order valence-electron chi connectivity index (χ3n) is 18.0. The summed E-state index contributed by atoms with van der Waals surface area (Å²) in [5, 5.41) is 28.5. The molecule has 4 aliphatic carbocycles. The summed E-state index contributed by atoms with van der Waals surface area (Å²) < 4.78 is 13.1. The number of hydrogen-bond donors (Lipinski definition) is 7. The third kappa shape index (κ3) is 9.86. The molecule has 0 aromatic carbocycles. The van der Waals surface area contributed by atoms with Gasteiger partial charge in [0.15, 0.2) is 17.2 Å². The van der Waals surface area contributed by atoms with Gasteiger partial charge in [0.05, 0.1) is 25.5 Å². The Morgan fingerprint density at radius 3 is 2.57 bits per heavy atom. The first-order valence-corrected chi connectivity index (χ1v) is 25.7. The number of nitrogens with one attached hydrogen (secondary N) is 5. The van der Waals surface area contributed by atoms with Crippen molar-refractivity contribution in [3.05, 3.63) is 23.3 Å². The van der Waals surface area contributed by atoms with E-state index < -0.39 is 29.0 Å². The summed E-state index contributed by atoms with van der Waals surface area (Å²) in [5.74, 6) is 0.672. The minimum absolute atomic E-state index is 0.0147. The van der Waals surface area contributed by atoms with Gasteiger partial charge < -0.3 is 41.6 Å². The van der Waals surface area contributed by atoms with Crippen LogP contribution in [-0.4, -0.2) is 98.8 Å². The number of allylic oxidation sites excluding steroid dienone is 3. The maximum atomic E-state index is 15.6. The first-order valence-electron chi connectivity index (χ1n) is 25.7. The second kappa shape index (κ2) is 20.5. The molecule has 12 heteroatoms. The van der Waals surface area contributed by atoms with Crippen molar-refractivity contribution >= 4 is 17.5 Å². The lowest BCUT2D eigenvalue weighted by Crippen LogP contribution is -2.60. The second-order valence-electron chi connectivity index (χ2n) is 22.2. The smallest absolute Gasteiger partial charge is 0.350 e. The molecule has 0 radical (unpaired) electrons. The first kappa shape index (κ1) is 47.5. The molecule has 4 heterocycles. The Hall–Kier alpha value is -2.03. The number of esters is 1. The number of ether oxygens (including phenoxy) is 2. The molecule has 3 saturated carbocycles. The van der Waals surface area contributed by atoms with E-state index in [1.807, 2.05) is 14.0 Å². The summed E-state index contributed by atoms with van der Waals surface area (Å²) in [6.07, 6.45) is 23.2. The number of aliphatic hydroxyl groups excluding tert-OH is 1. The van der Waals surface area contributed by atoms with E-state index in [0.29, 0.717) is 41.6 Å². The van der Waals surface area contributed by atoms with Gasteiger partial charge in [0.1, 0.15) is 0 Å². The van der Waals surface area contributed by atoms with Gasteiger partial charge in [0.2, 0.25) is 0 Å². The number of piperidine rings is 2. The van der Waals surface area contributed by atoms with E-state index in [0.717, 1.165) is 128 Å². The van der Waals surface area contributed by atoms with E-state index in [4.69, 9.17) is 15.2 Å². The number of aliphatic hydroxyl groups is 1. The molecule has 8 rings (SSSR count). The highest BCUT2D eigenvalue weighted by atomic mass is 16.7. The lowest BCUT2D eigenvalue weighted by atomic mass is 9.55. The Labute approximate surface area is 378 Å². The Balaban J connectivity index is 1.10. The molecule has 15 atom stereocenters. The zero-order valence-electron chi connectivity index (χ0n) is 39.3. The van der Waals surface area contributed by atoms with Crippen molar-refractivity contribution in [2.24, 2.45) is 64.4 Å². The van der Waals surface area contributed by atoms with Crippen molar-refractivity contribution in [2.75, 3.05) is 46.6 Å². The van der Waals surface area contributed by atoms with Crippen LogP contribution < -0.4 is 32.3 Å². The summed E-state index contributed by atoms with van der Waals surface area (Å²) in [7, 11) is 1.94. The van der Waals surface area contributed by atoms with Crippen LogP contribution in [0.4, 0.5) is 0 Å². The average Bonchev–Trinajstić information content (AvgIpc) is 3.99. The summed E-state index contributed by atoms with van der Waals surface area (Å²) in [4.78, 5) is 46.1. The van der Waals surface area contributed by atoms with Gasteiger partial charge in [0.25, 0.3) is 5.60 Å². The quantitative estimate of drug-likeness (QED) is 0.0399. The molecule has 7 fully saturated rings. The third-order valence-corrected chi connectivity index (χ3v) is 18.0. The number of carbonyl (C=O) groups excluding carboxylic acids is 3. The number of fused-ring (bicyclic) bond motifs is 1. The van der Waals surface area contributed by atoms with Gasteiger partial charge in [-0.1, -0.05) is 50.8 Å². The van der Waals surface area contributed by atoms with Crippen molar-refractivity contribution in [3.63, 3.8) is 0 Å². The predicted molar refractivity (Wildman–Crippen MR) is 246 cm³/mol. The molecule has 1 spiro atoms.